The molecule has 0 bridgehead atoms. The summed E-state index contributed by atoms with van der Waals surface area (Å²) in [5.41, 5.74) is 3.86. The molecule has 1 aromatic heterocycles. The van der Waals surface area contributed by atoms with E-state index in [0.29, 0.717) is 12.1 Å². The van der Waals surface area contributed by atoms with Crippen molar-refractivity contribution in [2.45, 2.75) is 39.0 Å². The summed E-state index contributed by atoms with van der Waals surface area (Å²) in [6.45, 7) is 2.10. The monoisotopic (exact) mass is 339 g/mol. The highest BCUT2D eigenvalue weighted by molar-refractivity contribution is 5.73. The van der Waals surface area contributed by atoms with Crippen LogP contribution in [0.2, 0.25) is 0 Å². The number of unbranched alkanes of at least 4 members (excludes halogenated alkanes) is 1. The van der Waals surface area contributed by atoms with Gasteiger partial charge in [0, 0.05) is 6.42 Å². The van der Waals surface area contributed by atoms with Gasteiger partial charge >= 0.3 is 5.97 Å². The van der Waals surface area contributed by atoms with Crippen molar-refractivity contribution >= 4 is 17.0 Å². The number of hydrogen-bond donors (Lipinski definition) is 2. The maximum Gasteiger partial charge on any atom is 0.303 e. The minimum atomic E-state index is -0.834. The molecule has 3 rings (SSSR count). The third kappa shape index (κ3) is 3.79. The first-order valence-electron chi connectivity index (χ1n) is 8.47. The fourth-order valence-electron chi connectivity index (χ4n) is 2.87. The second kappa shape index (κ2) is 7.34. The standard InChI is InChI=1S/C19H21N3O3/c1-2-3-6-13-12-18(23)17(11-14(13)9-10-19(24)25)22-20-15-7-4-5-8-16(15)21-22/h4-5,7-8,11-12,23H,2-3,6,9-10H2,1H3,(H,24,25). The second-order valence-corrected chi connectivity index (χ2v) is 6.09. The molecule has 6 nitrogen and oxygen atoms in total. The fourth-order valence-corrected chi connectivity index (χ4v) is 2.87. The van der Waals surface area contributed by atoms with Crippen LogP contribution in [0.5, 0.6) is 5.75 Å². The minimum Gasteiger partial charge on any atom is -0.506 e. The number of aliphatic carboxylic acids is 1. The molecule has 2 N–H and O–H groups in total. The van der Waals surface area contributed by atoms with Crippen LogP contribution in [0.25, 0.3) is 16.7 Å². The third-order valence-corrected chi connectivity index (χ3v) is 4.21. The Bertz CT molecular complexity index is 869. The van der Waals surface area contributed by atoms with Gasteiger partial charge in [0.25, 0.3) is 0 Å². The van der Waals surface area contributed by atoms with Gasteiger partial charge in [0.1, 0.15) is 22.5 Å². The Balaban J connectivity index is 2.03. The number of nitrogens with zero attached hydrogens (tertiary/aromatic N) is 3. The Hall–Kier alpha value is -2.89. The van der Waals surface area contributed by atoms with Gasteiger partial charge in [-0.05, 0) is 54.7 Å². The molecule has 0 atom stereocenters. The zero-order valence-corrected chi connectivity index (χ0v) is 14.1. The van der Waals surface area contributed by atoms with Crippen LogP contribution in [-0.2, 0) is 17.6 Å². The van der Waals surface area contributed by atoms with Crippen molar-refractivity contribution in [3.63, 3.8) is 0 Å². The Morgan fingerprint density at radius 3 is 2.32 bits per heavy atom. The molecule has 0 aliphatic rings. The van der Waals surface area contributed by atoms with E-state index in [1.54, 1.807) is 6.07 Å². The quantitative estimate of drug-likeness (QED) is 0.688. The van der Waals surface area contributed by atoms with E-state index in [1.165, 1.54) is 4.80 Å². The van der Waals surface area contributed by atoms with Crippen molar-refractivity contribution in [2.24, 2.45) is 0 Å². The van der Waals surface area contributed by atoms with Crippen molar-refractivity contribution in [2.75, 3.05) is 0 Å². The number of carbonyl (C=O) groups is 1. The highest BCUT2D eigenvalue weighted by atomic mass is 16.4. The summed E-state index contributed by atoms with van der Waals surface area (Å²) in [6, 6.07) is 11.0. The minimum absolute atomic E-state index is 0.0534. The van der Waals surface area contributed by atoms with Gasteiger partial charge < -0.3 is 10.2 Å². The number of fused-ring (bicyclic) bond motifs is 1. The average molecular weight is 339 g/mol. The Morgan fingerprint density at radius 1 is 1.08 bits per heavy atom. The van der Waals surface area contributed by atoms with Gasteiger partial charge in [-0.2, -0.15) is 0 Å². The summed E-state index contributed by atoms with van der Waals surface area (Å²) in [6.07, 6.45) is 3.31. The number of phenolic OH excluding ortho intramolecular Hbond substituents is 1. The third-order valence-electron chi connectivity index (χ3n) is 4.21. The average Bonchev–Trinajstić information content (AvgIpc) is 3.02. The van der Waals surface area contributed by atoms with Crippen LogP contribution >= 0.6 is 0 Å². The first-order valence-corrected chi connectivity index (χ1v) is 8.47. The molecule has 3 aromatic rings. The molecule has 0 fully saturated rings. The maximum absolute atomic E-state index is 11.0. The Morgan fingerprint density at radius 2 is 1.72 bits per heavy atom. The van der Waals surface area contributed by atoms with E-state index < -0.39 is 5.97 Å². The smallest absolute Gasteiger partial charge is 0.303 e. The number of rotatable bonds is 7. The number of hydrogen-bond acceptors (Lipinski definition) is 4. The van der Waals surface area contributed by atoms with Crippen LogP contribution in [0.3, 0.4) is 0 Å². The van der Waals surface area contributed by atoms with Crippen LogP contribution in [0.1, 0.15) is 37.3 Å². The van der Waals surface area contributed by atoms with Crippen LogP contribution in [0, 0.1) is 0 Å². The van der Waals surface area contributed by atoms with E-state index in [0.717, 1.165) is 41.4 Å². The fraction of sp³-hybridized carbons (Fsp3) is 0.316. The van der Waals surface area contributed by atoms with Crippen molar-refractivity contribution < 1.29 is 15.0 Å². The zero-order valence-electron chi connectivity index (χ0n) is 14.1. The highest BCUT2D eigenvalue weighted by Gasteiger charge is 2.14. The molecular formula is C19H21N3O3. The van der Waals surface area contributed by atoms with Crippen molar-refractivity contribution in [3.8, 4) is 11.4 Å². The molecule has 0 spiro atoms. The highest BCUT2D eigenvalue weighted by Crippen LogP contribution is 2.28. The van der Waals surface area contributed by atoms with Gasteiger partial charge in [-0.3, -0.25) is 4.79 Å². The van der Waals surface area contributed by atoms with E-state index in [9.17, 15) is 9.90 Å². The summed E-state index contributed by atoms with van der Waals surface area (Å²) < 4.78 is 0. The first kappa shape index (κ1) is 17.0. The Kier molecular flexibility index (Phi) is 4.97. The van der Waals surface area contributed by atoms with Gasteiger partial charge in [0.05, 0.1) is 0 Å². The van der Waals surface area contributed by atoms with Crippen molar-refractivity contribution in [3.05, 3.63) is 47.5 Å². The van der Waals surface area contributed by atoms with Crippen LogP contribution in [-0.4, -0.2) is 31.2 Å². The topological polar surface area (TPSA) is 88.2 Å². The predicted octanol–water partition coefficient (Wildman–Crippen LogP) is 3.49. The van der Waals surface area contributed by atoms with Crippen LogP contribution < -0.4 is 0 Å². The molecular weight excluding hydrogens is 318 g/mol. The molecule has 1 heterocycles. The number of carboxylic acids is 1. The second-order valence-electron chi connectivity index (χ2n) is 6.09. The Labute approximate surface area is 145 Å². The molecule has 25 heavy (non-hydrogen) atoms. The number of carboxylic acid groups (broad SMARTS) is 1. The van der Waals surface area contributed by atoms with E-state index in [4.69, 9.17) is 5.11 Å². The number of aromatic nitrogens is 3. The lowest BCUT2D eigenvalue weighted by Gasteiger charge is -2.12. The van der Waals surface area contributed by atoms with Crippen molar-refractivity contribution in [1.29, 1.82) is 0 Å². The van der Waals surface area contributed by atoms with Gasteiger partial charge in [-0.15, -0.1) is 15.0 Å². The van der Waals surface area contributed by atoms with E-state index in [1.807, 2.05) is 30.3 Å². The lowest BCUT2D eigenvalue weighted by atomic mass is 9.97. The van der Waals surface area contributed by atoms with Gasteiger partial charge in [-0.1, -0.05) is 25.5 Å². The maximum atomic E-state index is 11.0. The van der Waals surface area contributed by atoms with Crippen LogP contribution in [0.4, 0.5) is 0 Å². The number of aryl methyl sites for hydroxylation is 2. The molecule has 6 heteroatoms. The summed E-state index contributed by atoms with van der Waals surface area (Å²) in [7, 11) is 0. The van der Waals surface area contributed by atoms with Crippen LogP contribution in [0.15, 0.2) is 36.4 Å². The SMILES string of the molecule is CCCCc1cc(O)c(-n2nc3ccccc3n2)cc1CCC(=O)O. The van der Waals surface area contributed by atoms with Gasteiger partial charge in [-0.25, -0.2) is 0 Å². The van der Waals surface area contributed by atoms with Gasteiger partial charge in [0.2, 0.25) is 0 Å². The van der Waals surface area contributed by atoms with Gasteiger partial charge in [0.15, 0.2) is 0 Å². The summed E-state index contributed by atoms with van der Waals surface area (Å²) in [4.78, 5) is 12.4. The first-order chi connectivity index (χ1) is 12.1. The van der Waals surface area contributed by atoms with E-state index >= 15 is 0 Å². The molecule has 0 amide bonds. The predicted molar refractivity (Wildman–Crippen MR) is 95.1 cm³/mol. The van der Waals surface area contributed by atoms with E-state index in [-0.39, 0.29) is 12.2 Å². The molecule has 0 saturated heterocycles. The summed E-state index contributed by atoms with van der Waals surface area (Å²) in [5, 5.41) is 28.3. The molecule has 0 aliphatic carbocycles. The molecule has 2 aromatic carbocycles. The molecule has 0 aliphatic heterocycles. The number of aromatic hydroxyl groups is 1. The van der Waals surface area contributed by atoms with Crippen molar-refractivity contribution in [1.82, 2.24) is 15.0 Å². The molecule has 0 unspecified atom stereocenters. The normalized spacial score (nSPS) is 11.1. The summed E-state index contributed by atoms with van der Waals surface area (Å²) in [5.74, 6) is -0.732. The molecule has 130 valence electrons. The number of phenols is 1. The number of benzene rings is 2. The zero-order chi connectivity index (χ0) is 17.8. The summed E-state index contributed by atoms with van der Waals surface area (Å²) >= 11 is 0. The largest absolute Gasteiger partial charge is 0.506 e. The molecule has 0 saturated carbocycles. The lowest BCUT2D eigenvalue weighted by Crippen LogP contribution is -2.05. The lowest BCUT2D eigenvalue weighted by molar-refractivity contribution is -0.136. The molecule has 0 radical (unpaired) electrons. The van der Waals surface area contributed by atoms with E-state index in [2.05, 4.69) is 17.1 Å².